The molecule has 1 fully saturated rings. The van der Waals surface area contributed by atoms with E-state index in [1.807, 2.05) is 0 Å². The molecule has 37 heavy (non-hydrogen) atoms. The molecule has 0 N–H and O–H groups in total. The Hall–Kier alpha value is -3.53. The largest absolute Gasteiger partial charge is 0.444 e. The summed E-state index contributed by atoms with van der Waals surface area (Å²) in [6.45, 7) is 6.45. The van der Waals surface area contributed by atoms with Crippen LogP contribution in [-0.4, -0.2) is 63.4 Å². The van der Waals surface area contributed by atoms with E-state index in [0.717, 1.165) is 12.1 Å². The van der Waals surface area contributed by atoms with Crippen LogP contribution >= 0.6 is 11.6 Å². The van der Waals surface area contributed by atoms with Crippen molar-refractivity contribution in [3.63, 3.8) is 0 Å². The number of alkyl halides is 3. The van der Waals surface area contributed by atoms with Crippen LogP contribution in [0.1, 0.15) is 36.8 Å². The Labute approximate surface area is 217 Å². The van der Waals surface area contributed by atoms with Crippen LogP contribution in [0.4, 0.5) is 18.0 Å². The molecule has 4 rings (SSSR count). The van der Waals surface area contributed by atoms with E-state index < -0.39 is 29.3 Å². The normalized spacial score (nSPS) is 14.6. The summed E-state index contributed by atoms with van der Waals surface area (Å²) in [5.74, 6) is -0.391. The molecule has 0 radical (unpaired) electrons. The van der Waals surface area contributed by atoms with Crippen LogP contribution in [0.2, 0.25) is 5.02 Å². The number of amides is 2. The van der Waals surface area contributed by atoms with Crippen molar-refractivity contribution in [3.05, 3.63) is 70.9 Å². The number of ether oxygens (including phenoxy) is 1. The van der Waals surface area contributed by atoms with E-state index in [1.54, 1.807) is 49.9 Å². The Balaban J connectivity index is 1.63. The second kappa shape index (κ2) is 10.1. The van der Waals surface area contributed by atoms with Crippen molar-refractivity contribution in [2.45, 2.75) is 32.5 Å². The molecule has 2 heterocycles. The van der Waals surface area contributed by atoms with Gasteiger partial charge in [-0.05, 0) is 57.2 Å². The highest BCUT2D eigenvalue weighted by Crippen LogP contribution is 2.33. The predicted molar refractivity (Wildman–Crippen MR) is 133 cm³/mol. The number of piperazine rings is 1. The number of benzene rings is 2. The summed E-state index contributed by atoms with van der Waals surface area (Å²) in [5.41, 5.74) is -0.321. The molecule has 0 saturated carbocycles. The lowest BCUT2D eigenvalue weighted by atomic mass is 10.1. The molecule has 2 amide bonds. The Morgan fingerprint density at radius 3 is 2.19 bits per heavy atom. The maximum Gasteiger partial charge on any atom is 0.416 e. The zero-order valence-electron chi connectivity index (χ0n) is 20.6. The number of nitrogens with zero attached hydrogens (tertiary/aromatic N) is 4. The van der Waals surface area contributed by atoms with Crippen molar-refractivity contribution in [2.75, 3.05) is 26.2 Å². The molecule has 1 aliphatic rings. The van der Waals surface area contributed by atoms with Crippen molar-refractivity contribution in [1.29, 1.82) is 0 Å². The van der Waals surface area contributed by atoms with E-state index in [1.165, 1.54) is 27.8 Å². The first-order chi connectivity index (χ1) is 17.3. The van der Waals surface area contributed by atoms with Gasteiger partial charge >= 0.3 is 12.3 Å². The number of halogens is 4. The van der Waals surface area contributed by atoms with Crippen molar-refractivity contribution in [3.8, 4) is 16.9 Å². The Morgan fingerprint density at radius 2 is 1.57 bits per heavy atom. The molecule has 196 valence electrons. The van der Waals surface area contributed by atoms with Crippen LogP contribution in [0, 0.1) is 0 Å². The molecule has 0 spiro atoms. The second-order valence-electron chi connectivity index (χ2n) is 9.64. The molecule has 1 saturated heterocycles. The van der Waals surface area contributed by atoms with E-state index in [2.05, 4.69) is 5.10 Å². The number of rotatable bonds is 3. The number of aromatic nitrogens is 2. The van der Waals surface area contributed by atoms with Crippen molar-refractivity contribution in [1.82, 2.24) is 19.6 Å². The van der Waals surface area contributed by atoms with Gasteiger partial charge in [0, 0.05) is 36.8 Å². The lowest BCUT2D eigenvalue weighted by Gasteiger charge is -2.35. The van der Waals surface area contributed by atoms with E-state index >= 15 is 0 Å². The molecular formula is C26H26ClF3N4O3. The minimum Gasteiger partial charge on any atom is -0.444 e. The van der Waals surface area contributed by atoms with Gasteiger partial charge in [0.15, 0.2) is 5.69 Å². The van der Waals surface area contributed by atoms with Gasteiger partial charge in [-0.1, -0.05) is 29.8 Å². The molecule has 1 aliphatic heterocycles. The molecule has 11 heteroatoms. The first kappa shape index (κ1) is 26.5. The van der Waals surface area contributed by atoms with Crippen molar-refractivity contribution < 1.29 is 27.5 Å². The number of hydrogen-bond acceptors (Lipinski definition) is 4. The highest BCUT2D eigenvalue weighted by atomic mass is 35.5. The number of hydrogen-bond donors (Lipinski definition) is 0. The second-order valence-corrected chi connectivity index (χ2v) is 10.1. The summed E-state index contributed by atoms with van der Waals surface area (Å²) in [6, 6.07) is 13.0. The summed E-state index contributed by atoms with van der Waals surface area (Å²) in [7, 11) is 0. The van der Waals surface area contributed by atoms with E-state index in [0.29, 0.717) is 16.4 Å². The Bertz CT molecular complexity index is 1310. The third-order valence-corrected chi connectivity index (χ3v) is 5.92. The summed E-state index contributed by atoms with van der Waals surface area (Å²) < 4.78 is 46.9. The fraction of sp³-hybridized carbons (Fsp3) is 0.346. The molecule has 7 nitrogen and oxygen atoms in total. The lowest BCUT2D eigenvalue weighted by molar-refractivity contribution is -0.137. The maximum atomic E-state index is 13.4. The van der Waals surface area contributed by atoms with Crippen LogP contribution in [0.15, 0.2) is 54.6 Å². The molecule has 2 aromatic carbocycles. The van der Waals surface area contributed by atoms with Gasteiger partial charge in [-0.2, -0.15) is 18.3 Å². The zero-order valence-corrected chi connectivity index (χ0v) is 21.3. The van der Waals surface area contributed by atoms with E-state index in [-0.39, 0.29) is 37.4 Å². The third-order valence-electron chi connectivity index (χ3n) is 5.69. The minimum absolute atomic E-state index is 0.0677. The van der Waals surface area contributed by atoms with Crippen molar-refractivity contribution in [2.24, 2.45) is 0 Å². The third kappa shape index (κ3) is 6.25. The van der Waals surface area contributed by atoms with Gasteiger partial charge in [0.1, 0.15) is 5.60 Å². The summed E-state index contributed by atoms with van der Waals surface area (Å²) in [4.78, 5) is 28.8. The van der Waals surface area contributed by atoms with Crippen LogP contribution in [0.5, 0.6) is 0 Å². The van der Waals surface area contributed by atoms with Gasteiger partial charge in [-0.3, -0.25) is 4.79 Å². The molecule has 0 aliphatic carbocycles. The monoisotopic (exact) mass is 534 g/mol. The smallest absolute Gasteiger partial charge is 0.416 e. The van der Waals surface area contributed by atoms with Crippen LogP contribution < -0.4 is 0 Å². The average molecular weight is 535 g/mol. The number of carbonyl (C=O) groups excluding carboxylic acids is 2. The molecule has 0 bridgehead atoms. The maximum absolute atomic E-state index is 13.4. The molecule has 3 aromatic rings. The summed E-state index contributed by atoms with van der Waals surface area (Å²) in [5, 5.41) is 4.86. The van der Waals surface area contributed by atoms with Crippen LogP contribution in [0.3, 0.4) is 0 Å². The first-order valence-corrected chi connectivity index (χ1v) is 12.0. The topological polar surface area (TPSA) is 67.7 Å². The molecular weight excluding hydrogens is 509 g/mol. The molecule has 1 aromatic heterocycles. The fourth-order valence-corrected chi connectivity index (χ4v) is 4.12. The Morgan fingerprint density at radius 1 is 0.919 bits per heavy atom. The van der Waals surface area contributed by atoms with Gasteiger partial charge in [-0.25, -0.2) is 9.48 Å². The van der Waals surface area contributed by atoms with Gasteiger partial charge < -0.3 is 14.5 Å². The lowest BCUT2D eigenvalue weighted by Crippen LogP contribution is -2.51. The quantitative estimate of drug-likeness (QED) is 0.419. The standard InChI is InChI=1S/C26H26ClF3N4O3/c1-25(2,3)37-24(36)33-12-10-32(11-13-33)23(35)21-16-22(17-6-4-7-18(14-17)26(28,29)30)34(31-21)20-9-5-8-19(27)15-20/h4-9,14-16H,10-13H2,1-3H3. The van der Waals surface area contributed by atoms with Crippen LogP contribution in [0.25, 0.3) is 16.9 Å². The minimum atomic E-state index is -4.52. The fourth-order valence-electron chi connectivity index (χ4n) is 3.93. The number of carbonyl (C=O) groups is 2. The van der Waals surface area contributed by atoms with Gasteiger partial charge in [0.25, 0.3) is 5.91 Å². The average Bonchev–Trinajstić information content (AvgIpc) is 3.28. The molecule has 0 atom stereocenters. The zero-order chi connectivity index (χ0) is 27.0. The van der Waals surface area contributed by atoms with Gasteiger partial charge in [0.2, 0.25) is 0 Å². The highest BCUT2D eigenvalue weighted by Gasteiger charge is 2.32. The Kier molecular flexibility index (Phi) is 7.23. The predicted octanol–water partition coefficient (Wildman–Crippen LogP) is 5.90. The highest BCUT2D eigenvalue weighted by molar-refractivity contribution is 6.30. The molecule has 0 unspecified atom stereocenters. The van der Waals surface area contributed by atoms with E-state index in [9.17, 15) is 22.8 Å². The van der Waals surface area contributed by atoms with E-state index in [4.69, 9.17) is 16.3 Å². The van der Waals surface area contributed by atoms with Gasteiger partial charge in [-0.15, -0.1) is 0 Å². The first-order valence-electron chi connectivity index (χ1n) is 11.6. The van der Waals surface area contributed by atoms with Crippen molar-refractivity contribution >= 4 is 23.6 Å². The summed E-state index contributed by atoms with van der Waals surface area (Å²) >= 11 is 6.14. The summed E-state index contributed by atoms with van der Waals surface area (Å²) in [6.07, 6.45) is -4.97. The van der Waals surface area contributed by atoms with Gasteiger partial charge in [0.05, 0.1) is 16.9 Å². The SMILES string of the molecule is CC(C)(C)OC(=O)N1CCN(C(=O)c2cc(-c3cccc(C(F)(F)F)c3)n(-c3cccc(Cl)c3)n2)CC1. The van der Waals surface area contributed by atoms with Crippen LogP contribution in [-0.2, 0) is 10.9 Å².